The van der Waals surface area contributed by atoms with Gasteiger partial charge in [0.15, 0.2) is 0 Å². The van der Waals surface area contributed by atoms with Crippen molar-refractivity contribution in [2.75, 3.05) is 27.2 Å². The summed E-state index contributed by atoms with van der Waals surface area (Å²) in [6.07, 6.45) is 7.22. The predicted octanol–water partition coefficient (Wildman–Crippen LogP) is 1.22. The van der Waals surface area contributed by atoms with Crippen LogP contribution in [0, 0.1) is 0 Å². The average Bonchev–Trinajstić information content (AvgIpc) is 2.68. The van der Waals surface area contributed by atoms with Gasteiger partial charge >= 0.3 is 5.97 Å². The number of carbonyl (C=O) groups is 1. The van der Waals surface area contributed by atoms with Gasteiger partial charge in [0.2, 0.25) is 0 Å². The third-order valence-corrected chi connectivity index (χ3v) is 6.55. The molecule has 0 radical (unpaired) electrons. The Morgan fingerprint density at radius 3 is 2.48 bits per heavy atom. The Labute approximate surface area is 157 Å². The predicted molar refractivity (Wildman–Crippen MR) is 98.4 cm³/mol. The zero-order valence-electron chi connectivity index (χ0n) is 15.1. The number of hydrogen-bond donors (Lipinski definition) is 1. The molecule has 0 saturated carbocycles. The van der Waals surface area contributed by atoms with Crippen molar-refractivity contribution in [2.24, 2.45) is 0 Å². The van der Waals surface area contributed by atoms with Crippen LogP contribution in [0.3, 0.4) is 0 Å². The van der Waals surface area contributed by atoms with E-state index in [1.807, 2.05) is 0 Å². The van der Waals surface area contributed by atoms with E-state index < -0.39 is 16.2 Å². The minimum atomic E-state index is -3.43. The summed E-state index contributed by atoms with van der Waals surface area (Å²) in [5.41, 5.74) is 1.99. The van der Waals surface area contributed by atoms with E-state index in [1.165, 1.54) is 35.0 Å². The summed E-state index contributed by atoms with van der Waals surface area (Å²) in [6, 6.07) is 1.52. The number of nitrogens with zero attached hydrogens (tertiary/aromatic N) is 5. The van der Waals surface area contributed by atoms with E-state index in [0.29, 0.717) is 37.2 Å². The van der Waals surface area contributed by atoms with Gasteiger partial charge in [0.1, 0.15) is 0 Å². The topological polar surface area (TPSA) is 117 Å². The largest absolute Gasteiger partial charge is 0.478 e. The maximum absolute atomic E-state index is 12.3. The average molecular weight is 391 g/mol. The normalized spacial score (nSPS) is 16.6. The molecule has 3 rings (SSSR count). The Kier molecular flexibility index (Phi) is 5.49. The van der Waals surface area contributed by atoms with Gasteiger partial charge in [-0.3, -0.25) is 15.0 Å². The van der Waals surface area contributed by atoms with Crippen LogP contribution in [0.4, 0.5) is 0 Å². The Morgan fingerprint density at radius 1 is 1.19 bits per heavy atom. The number of aromatic carboxylic acids is 1. The fourth-order valence-electron chi connectivity index (χ4n) is 3.15. The summed E-state index contributed by atoms with van der Waals surface area (Å²) in [6.45, 7) is 0.795. The Morgan fingerprint density at radius 2 is 1.85 bits per heavy atom. The van der Waals surface area contributed by atoms with Gasteiger partial charge in [0, 0.05) is 63.5 Å². The number of hydrogen-bond acceptors (Lipinski definition) is 6. The smallest absolute Gasteiger partial charge is 0.337 e. The molecule has 0 atom stereocenters. The summed E-state index contributed by atoms with van der Waals surface area (Å²) in [7, 11) is -0.391. The van der Waals surface area contributed by atoms with Gasteiger partial charge in [-0.15, -0.1) is 0 Å². The number of piperidine rings is 1. The van der Waals surface area contributed by atoms with Crippen LogP contribution in [0.25, 0.3) is 11.3 Å². The van der Waals surface area contributed by atoms with Gasteiger partial charge in [-0.2, -0.15) is 17.0 Å². The highest BCUT2D eigenvalue weighted by Crippen LogP contribution is 2.33. The SMILES string of the molecule is CN(C)S(=O)(=O)N1CCC(c2nccnc2-c2cncc(C(=O)O)c2)CC1. The molecule has 0 spiro atoms. The van der Waals surface area contributed by atoms with Crippen LogP contribution in [-0.2, 0) is 10.2 Å². The third-order valence-electron chi connectivity index (χ3n) is 4.61. The molecule has 0 unspecified atom stereocenters. The second-order valence-electron chi connectivity index (χ2n) is 6.52. The van der Waals surface area contributed by atoms with E-state index in [2.05, 4.69) is 15.0 Å². The van der Waals surface area contributed by atoms with Crippen molar-refractivity contribution >= 4 is 16.2 Å². The van der Waals surface area contributed by atoms with Crippen LogP contribution in [0.5, 0.6) is 0 Å². The highest BCUT2D eigenvalue weighted by molar-refractivity contribution is 7.86. The lowest BCUT2D eigenvalue weighted by Crippen LogP contribution is -2.44. The number of carboxylic acid groups (broad SMARTS) is 1. The minimum Gasteiger partial charge on any atom is -0.478 e. The van der Waals surface area contributed by atoms with Crippen LogP contribution in [0.15, 0.2) is 30.9 Å². The van der Waals surface area contributed by atoms with E-state index in [9.17, 15) is 18.3 Å². The first-order valence-corrected chi connectivity index (χ1v) is 9.87. The van der Waals surface area contributed by atoms with Crippen LogP contribution in [-0.4, -0.2) is 70.2 Å². The summed E-state index contributed by atoms with van der Waals surface area (Å²) in [5.74, 6) is -1.02. The van der Waals surface area contributed by atoms with Crippen molar-refractivity contribution in [1.82, 2.24) is 23.6 Å². The molecule has 10 heteroatoms. The lowest BCUT2D eigenvalue weighted by atomic mass is 9.91. The Balaban J connectivity index is 1.86. The van der Waals surface area contributed by atoms with E-state index in [0.717, 1.165) is 5.69 Å². The first-order valence-electron chi connectivity index (χ1n) is 8.48. The van der Waals surface area contributed by atoms with Gasteiger partial charge in [0.25, 0.3) is 10.2 Å². The van der Waals surface area contributed by atoms with Gasteiger partial charge in [-0.05, 0) is 18.9 Å². The van der Waals surface area contributed by atoms with E-state index >= 15 is 0 Å². The lowest BCUT2D eigenvalue weighted by molar-refractivity contribution is 0.0696. The summed E-state index contributed by atoms with van der Waals surface area (Å²) < 4.78 is 27.2. The number of pyridine rings is 1. The Hall–Kier alpha value is -2.43. The molecule has 3 heterocycles. The lowest BCUT2D eigenvalue weighted by Gasteiger charge is -2.32. The molecule has 27 heavy (non-hydrogen) atoms. The zero-order valence-corrected chi connectivity index (χ0v) is 15.9. The summed E-state index contributed by atoms with van der Waals surface area (Å²) in [4.78, 5) is 24.0. The molecule has 0 bridgehead atoms. The number of carboxylic acids is 1. The fraction of sp³-hybridized carbons (Fsp3) is 0.412. The molecular weight excluding hydrogens is 370 g/mol. The first kappa shape index (κ1) is 19.3. The molecule has 9 nitrogen and oxygen atoms in total. The van der Waals surface area contributed by atoms with Crippen molar-refractivity contribution in [3.63, 3.8) is 0 Å². The fourth-order valence-corrected chi connectivity index (χ4v) is 4.28. The quantitative estimate of drug-likeness (QED) is 0.814. The van der Waals surface area contributed by atoms with Gasteiger partial charge in [-0.1, -0.05) is 0 Å². The number of rotatable bonds is 5. The summed E-state index contributed by atoms with van der Waals surface area (Å²) in [5, 5.41) is 9.18. The molecule has 2 aromatic heterocycles. The molecule has 144 valence electrons. The molecule has 2 aromatic rings. The standard InChI is InChI=1S/C17H21N5O4S/c1-21(2)27(25,26)22-7-3-12(4-8-22)15-16(20-6-5-19-15)13-9-14(17(23)24)11-18-10-13/h5-6,9-12H,3-4,7-8H2,1-2H3,(H,23,24). The molecule has 0 amide bonds. The van der Waals surface area contributed by atoms with Gasteiger partial charge < -0.3 is 5.11 Å². The van der Waals surface area contributed by atoms with Crippen molar-refractivity contribution in [3.05, 3.63) is 42.1 Å². The molecule has 0 aliphatic carbocycles. The van der Waals surface area contributed by atoms with Crippen LogP contribution >= 0.6 is 0 Å². The minimum absolute atomic E-state index is 0.0378. The highest BCUT2D eigenvalue weighted by atomic mass is 32.2. The van der Waals surface area contributed by atoms with E-state index in [4.69, 9.17) is 0 Å². The highest BCUT2D eigenvalue weighted by Gasteiger charge is 2.31. The first-order chi connectivity index (χ1) is 12.8. The molecule has 1 aliphatic heterocycles. The molecule has 1 saturated heterocycles. The third kappa shape index (κ3) is 3.97. The monoisotopic (exact) mass is 391 g/mol. The van der Waals surface area contributed by atoms with Crippen molar-refractivity contribution in [1.29, 1.82) is 0 Å². The molecular formula is C17H21N5O4S. The van der Waals surface area contributed by atoms with Gasteiger partial charge in [-0.25, -0.2) is 4.79 Å². The van der Waals surface area contributed by atoms with Crippen LogP contribution < -0.4 is 0 Å². The molecule has 1 fully saturated rings. The Bertz CT molecular complexity index is 940. The van der Waals surface area contributed by atoms with Gasteiger partial charge in [0.05, 0.1) is 17.0 Å². The zero-order chi connectivity index (χ0) is 19.6. The molecule has 1 aliphatic rings. The molecule has 1 N–H and O–H groups in total. The van der Waals surface area contributed by atoms with E-state index in [-0.39, 0.29) is 11.5 Å². The second kappa shape index (κ2) is 7.67. The van der Waals surface area contributed by atoms with E-state index in [1.54, 1.807) is 18.6 Å². The second-order valence-corrected chi connectivity index (χ2v) is 8.66. The maximum atomic E-state index is 12.3. The number of aromatic nitrogens is 3. The molecule has 0 aromatic carbocycles. The maximum Gasteiger partial charge on any atom is 0.337 e. The van der Waals surface area contributed by atoms with Crippen LogP contribution in [0.2, 0.25) is 0 Å². The summed E-state index contributed by atoms with van der Waals surface area (Å²) >= 11 is 0. The van der Waals surface area contributed by atoms with Crippen molar-refractivity contribution in [2.45, 2.75) is 18.8 Å². The van der Waals surface area contributed by atoms with Crippen molar-refractivity contribution < 1.29 is 18.3 Å². The van der Waals surface area contributed by atoms with Crippen LogP contribution in [0.1, 0.15) is 34.8 Å². The van der Waals surface area contributed by atoms with Crippen molar-refractivity contribution in [3.8, 4) is 11.3 Å².